The number of anilines is 2. The van der Waals surface area contributed by atoms with Crippen LogP contribution in [0, 0.1) is 6.92 Å². The van der Waals surface area contributed by atoms with Crippen LogP contribution in [0.5, 0.6) is 5.75 Å². The fraction of sp³-hybridized carbons (Fsp3) is 0.0714. The van der Waals surface area contributed by atoms with Gasteiger partial charge in [-0.25, -0.2) is 0 Å². The molecule has 2 aromatic carbocycles. The number of nitrogens with one attached hydrogen (secondary N) is 1. The van der Waals surface area contributed by atoms with Crippen LogP contribution in [-0.2, 0) is 0 Å². The quantitative estimate of drug-likeness (QED) is 0.743. The van der Waals surface area contributed by atoms with E-state index in [1.54, 1.807) is 37.3 Å². The predicted molar refractivity (Wildman–Crippen MR) is 79.4 cm³/mol. The molecule has 0 aliphatic heterocycles. The summed E-state index contributed by atoms with van der Waals surface area (Å²) < 4.78 is 0.719. The van der Waals surface area contributed by atoms with Gasteiger partial charge in [-0.1, -0.05) is 0 Å². The Kier molecular flexibility index (Phi) is 3.76. The van der Waals surface area contributed by atoms with Crippen molar-refractivity contribution < 1.29 is 9.90 Å². The van der Waals surface area contributed by atoms with Gasteiger partial charge >= 0.3 is 0 Å². The SMILES string of the molecule is Cc1cc(C(=O)Nc2ccc(N)cc2Br)ccc1O. The molecule has 0 saturated heterocycles. The summed E-state index contributed by atoms with van der Waals surface area (Å²) >= 11 is 3.34. The lowest BCUT2D eigenvalue weighted by molar-refractivity contribution is 0.102. The van der Waals surface area contributed by atoms with Crippen LogP contribution in [0.2, 0.25) is 0 Å². The molecule has 0 radical (unpaired) electrons. The molecule has 0 unspecified atom stereocenters. The van der Waals surface area contributed by atoms with Crippen molar-refractivity contribution in [1.82, 2.24) is 0 Å². The highest BCUT2D eigenvalue weighted by Gasteiger charge is 2.09. The van der Waals surface area contributed by atoms with E-state index in [9.17, 15) is 9.90 Å². The van der Waals surface area contributed by atoms with Gasteiger partial charge in [-0.3, -0.25) is 4.79 Å². The van der Waals surface area contributed by atoms with E-state index in [-0.39, 0.29) is 11.7 Å². The molecule has 0 saturated carbocycles. The average Bonchev–Trinajstić information content (AvgIpc) is 2.36. The number of benzene rings is 2. The van der Waals surface area contributed by atoms with Gasteiger partial charge in [0.2, 0.25) is 0 Å². The van der Waals surface area contributed by atoms with Gasteiger partial charge in [0.1, 0.15) is 5.75 Å². The molecule has 19 heavy (non-hydrogen) atoms. The van der Waals surface area contributed by atoms with E-state index in [1.165, 1.54) is 6.07 Å². The second kappa shape index (κ2) is 5.32. The number of hydrogen-bond donors (Lipinski definition) is 3. The first-order valence-electron chi connectivity index (χ1n) is 5.63. The maximum Gasteiger partial charge on any atom is 0.255 e. The highest BCUT2D eigenvalue weighted by Crippen LogP contribution is 2.25. The van der Waals surface area contributed by atoms with Crippen LogP contribution in [0.3, 0.4) is 0 Å². The summed E-state index contributed by atoms with van der Waals surface area (Å²) in [4.78, 5) is 12.1. The number of aryl methyl sites for hydroxylation is 1. The number of phenols is 1. The van der Waals surface area contributed by atoms with Crippen LogP contribution in [0.15, 0.2) is 40.9 Å². The van der Waals surface area contributed by atoms with E-state index in [1.807, 2.05) is 0 Å². The Bertz CT molecular complexity index is 641. The minimum Gasteiger partial charge on any atom is -0.508 e. The standard InChI is InChI=1S/C14H13BrN2O2/c1-8-6-9(2-5-13(8)18)14(19)17-12-4-3-10(16)7-11(12)15/h2-7,18H,16H2,1H3,(H,17,19). The van der Waals surface area contributed by atoms with E-state index >= 15 is 0 Å². The molecule has 4 N–H and O–H groups in total. The van der Waals surface area contributed by atoms with Crippen LogP contribution in [-0.4, -0.2) is 11.0 Å². The average molecular weight is 321 g/mol. The minimum absolute atomic E-state index is 0.171. The summed E-state index contributed by atoms with van der Waals surface area (Å²) in [6, 6.07) is 9.87. The zero-order valence-corrected chi connectivity index (χ0v) is 11.9. The molecule has 4 nitrogen and oxygen atoms in total. The lowest BCUT2D eigenvalue weighted by atomic mass is 10.1. The Morgan fingerprint density at radius 2 is 2.00 bits per heavy atom. The number of hydrogen-bond acceptors (Lipinski definition) is 3. The van der Waals surface area contributed by atoms with Gasteiger partial charge in [-0.15, -0.1) is 0 Å². The molecule has 98 valence electrons. The molecule has 0 fully saturated rings. The third kappa shape index (κ3) is 3.06. The molecule has 0 heterocycles. The van der Waals surface area contributed by atoms with Gasteiger partial charge in [0.15, 0.2) is 0 Å². The van der Waals surface area contributed by atoms with Gasteiger partial charge in [-0.2, -0.15) is 0 Å². The number of carbonyl (C=O) groups is 1. The Morgan fingerprint density at radius 1 is 1.26 bits per heavy atom. The fourth-order valence-electron chi connectivity index (χ4n) is 1.62. The number of rotatable bonds is 2. The summed E-state index contributed by atoms with van der Waals surface area (Å²) in [5.74, 6) is -0.0706. The number of nitrogens with two attached hydrogens (primary N) is 1. The fourth-order valence-corrected chi connectivity index (χ4v) is 2.12. The minimum atomic E-state index is -0.242. The van der Waals surface area contributed by atoms with Crippen LogP contribution in [0.1, 0.15) is 15.9 Å². The van der Waals surface area contributed by atoms with E-state index in [0.717, 1.165) is 4.47 Å². The Hall–Kier alpha value is -2.01. The zero-order chi connectivity index (χ0) is 14.0. The van der Waals surface area contributed by atoms with Gasteiger partial charge < -0.3 is 16.2 Å². The Balaban J connectivity index is 2.23. The van der Waals surface area contributed by atoms with E-state index < -0.39 is 0 Å². The molecular weight excluding hydrogens is 308 g/mol. The first kappa shape index (κ1) is 13.4. The number of carbonyl (C=O) groups excluding carboxylic acids is 1. The highest BCUT2D eigenvalue weighted by molar-refractivity contribution is 9.10. The number of aromatic hydroxyl groups is 1. The summed E-state index contributed by atoms with van der Waals surface area (Å²) in [6.45, 7) is 1.74. The van der Waals surface area contributed by atoms with Crippen LogP contribution in [0.4, 0.5) is 11.4 Å². The Morgan fingerprint density at radius 3 is 2.63 bits per heavy atom. The van der Waals surface area contributed by atoms with E-state index in [0.29, 0.717) is 22.5 Å². The molecular formula is C14H13BrN2O2. The van der Waals surface area contributed by atoms with E-state index in [2.05, 4.69) is 21.2 Å². The summed E-state index contributed by atoms with van der Waals surface area (Å²) in [6.07, 6.45) is 0. The van der Waals surface area contributed by atoms with Crippen molar-refractivity contribution in [1.29, 1.82) is 0 Å². The molecule has 5 heteroatoms. The Labute approximate surface area is 119 Å². The van der Waals surface area contributed by atoms with Crippen LogP contribution >= 0.6 is 15.9 Å². The van der Waals surface area contributed by atoms with Gasteiger partial charge in [0.25, 0.3) is 5.91 Å². The maximum atomic E-state index is 12.1. The highest BCUT2D eigenvalue weighted by atomic mass is 79.9. The van der Waals surface area contributed by atoms with Gasteiger partial charge in [0.05, 0.1) is 5.69 Å². The number of nitrogen functional groups attached to an aromatic ring is 1. The third-order valence-corrected chi connectivity index (χ3v) is 3.36. The van der Waals surface area contributed by atoms with Crippen LogP contribution in [0.25, 0.3) is 0 Å². The largest absolute Gasteiger partial charge is 0.508 e. The smallest absolute Gasteiger partial charge is 0.255 e. The molecule has 0 aliphatic carbocycles. The molecule has 2 rings (SSSR count). The number of halogens is 1. The topological polar surface area (TPSA) is 75.4 Å². The summed E-state index contributed by atoms with van der Waals surface area (Å²) in [5.41, 5.74) is 8.04. The molecule has 0 bridgehead atoms. The van der Waals surface area contributed by atoms with Crippen molar-refractivity contribution in [2.45, 2.75) is 6.92 Å². The lowest BCUT2D eigenvalue weighted by Crippen LogP contribution is -2.12. The number of amides is 1. The van der Waals surface area contributed by atoms with Crippen molar-refractivity contribution in [3.8, 4) is 5.75 Å². The maximum absolute atomic E-state index is 12.1. The van der Waals surface area contributed by atoms with Gasteiger partial charge in [0, 0.05) is 15.7 Å². The molecule has 0 atom stereocenters. The third-order valence-electron chi connectivity index (χ3n) is 2.70. The summed E-state index contributed by atoms with van der Waals surface area (Å²) in [5, 5.41) is 12.2. The first-order chi connectivity index (χ1) is 8.97. The normalized spacial score (nSPS) is 10.2. The van der Waals surface area contributed by atoms with Crippen molar-refractivity contribution in [3.63, 3.8) is 0 Å². The van der Waals surface area contributed by atoms with E-state index in [4.69, 9.17) is 5.73 Å². The van der Waals surface area contributed by atoms with Crippen molar-refractivity contribution in [2.24, 2.45) is 0 Å². The number of phenolic OH excluding ortho intramolecular Hbond substituents is 1. The van der Waals surface area contributed by atoms with Crippen LogP contribution < -0.4 is 11.1 Å². The lowest BCUT2D eigenvalue weighted by Gasteiger charge is -2.09. The monoisotopic (exact) mass is 320 g/mol. The molecule has 0 spiro atoms. The predicted octanol–water partition coefficient (Wildman–Crippen LogP) is 3.30. The summed E-state index contributed by atoms with van der Waals surface area (Å²) in [7, 11) is 0. The molecule has 0 aliphatic rings. The van der Waals surface area contributed by atoms with Crippen molar-refractivity contribution >= 4 is 33.2 Å². The molecule has 0 aromatic heterocycles. The van der Waals surface area contributed by atoms with Crippen molar-refractivity contribution in [3.05, 3.63) is 52.0 Å². The second-order valence-corrected chi connectivity index (χ2v) is 5.05. The molecule has 2 aromatic rings. The zero-order valence-electron chi connectivity index (χ0n) is 10.3. The second-order valence-electron chi connectivity index (χ2n) is 4.19. The van der Waals surface area contributed by atoms with Gasteiger partial charge in [-0.05, 0) is 64.8 Å². The first-order valence-corrected chi connectivity index (χ1v) is 6.42. The van der Waals surface area contributed by atoms with Crippen molar-refractivity contribution in [2.75, 3.05) is 11.1 Å². The molecule has 1 amide bonds.